The van der Waals surface area contributed by atoms with Crippen molar-refractivity contribution < 1.29 is 0 Å². The van der Waals surface area contributed by atoms with Crippen LogP contribution in [0.25, 0.3) is 0 Å². The molecular formula is C10H15BrN2S. The first-order valence-corrected chi connectivity index (χ1v) is 6.60. The lowest BCUT2D eigenvalue weighted by Crippen LogP contribution is -2.49. The number of rotatable bonds is 2. The molecule has 78 valence electrons. The van der Waals surface area contributed by atoms with Crippen molar-refractivity contribution in [2.45, 2.75) is 19.5 Å². The Morgan fingerprint density at radius 3 is 3.21 bits per heavy atom. The molecule has 1 N–H and O–H groups in total. The molecule has 14 heavy (non-hydrogen) atoms. The summed E-state index contributed by atoms with van der Waals surface area (Å²) in [6.45, 7) is 6.77. The van der Waals surface area contributed by atoms with Crippen LogP contribution in [0.1, 0.15) is 12.5 Å². The van der Waals surface area contributed by atoms with Gasteiger partial charge in [0.1, 0.15) is 0 Å². The Balaban J connectivity index is 1.95. The van der Waals surface area contributed by atoms with Gasteiger partial charge in [-0.1, -0.05) is 0 Å². The summed E-state index contributed by atoms with van der Waals surface area (Å²) in [5, 5.41) is 5.64. The van der Waals surface area contributed by atoms with Gasteiger partial charge in [-0.2, -0.15) is 0 Å². The third-order valence-electron chi connectivity index (χ3n) is 2.65. The molecule has 0 bridgehead atoms. The van der Waals surface area contributed by atoms with Gasteiger partial charge in [0.05, 0.1) is 3.79 Å². The van der Waals surface area contributed by atoms with Gasteiger partial charge >= 0.3 is 0 Å². The van der Waals surface area contributed by atoms with Gasteiger partial charge < -0.3 is 5.32 Å². The Morgan fingerprint density at radius 2 is 2.57 bits per heavy atom. The highest BCUT2D eigenvalue weighted by Gasteiger charge is 2.17. The molecule has 1 aromatic rings. The summed E-state index contributed by atoms with van der Waals surface area (Å²) in [4.78, 5) is 2.53. The minimum atomic E-state index is 0.655. The molecule has 1 aliphatic heterocycles. The zero-order chi connectivity index (χ0) is 9.97. The van der Waals surface area contributed by atoms with Crippen molar-refractivity contribution in [1.82, 2.24) is 10.2 Å². The Morgan fingerprint density at radius 1 is 1.71 bits per heavy atom. The fourth-order valence-corrected chi connectivity index (χ4v) is 2.98. The molecular weight excluding hydrogens is 260 g/mol. The fourth-order valence-electron chi connectivity index (χ4n) is 1.78. The first kappa shape index (κ1) is 10.6. The smallest absolute Gasteiger partial charge is 0.0701 e. The summed E-state index contributed by atoms with van der Waals surface area (Å²) in [7, 11) is 0. The Bertz CT molecular complexity index is 300. The van der Waals surface area contributed by atoms with E-state index in [1.165, 1.54) is 9.35 Å². The van der Waals surface area contributed by atoms with E-state index in [1.54, 1.807) is 11.3 Å². The van der Waals surface area contributed by atoms with Gasteiger partial charge in [0.25, 0.3) is 0 Å². The summed E-state index contributed by atoms with van der Waals surface area (Å²) in [5.74, 6) is 0. The first-order valence-electron chi connectivity index (χ1n) is 4.93. The van der Waals surface area contributed by atoms with Crippen molar-refractivity contribution in [1.29, 1.82) is 0 Å². The van der Waals surface area contributed by atoms with Crippen LogP contribution in [0.4, 0.5) is 0 Å². The molecule has 1 fully saturated rings. The maximum absolute atomic E-state index is 3.50. The second-order valence-corrected chi connectivity index (χ2v) is 6.07. The van der Waals surface area contributed by atoms with Gasteiger partial charge in [-0.15, -0.1) is 11.3 Å². The van der Waals surface area contributed by atoms with Crippen molar-refractivity contribution in [2.24, 2.45) is 0 Å². The normalized spacial score (nSPS) is 24.0. The monoisotopic (exact) mass is 274 g/mol. The van der Waals surface area contributed by atoms with E-state index in [9.17, 15) is 0 Å². The van der Waals surface area contributed by atoms with E-state index in [1.807, 2.05) is 0 Å². The molecule has 2 nitrogen and oxygen atoms in total. The lowest BCUT2D eigenvalue weighted by molar-refractivity contribution is 0.166. The molecule has 2 heterocycles. The molecule has 0 radical (unpaired) electrons. The highest BCUT2D eigenvalue weighted by Crippen LogP contribution is 2.22. The molecule has 0 aromatic carbocycles. The first-order chi connectivity index (χ1) is 6.75. The third kappa shape index (κ3) is 2.57. The standard InChI is InChI=1S/C10H15BrN2S/c1-8-5-12-2-3-13(8)6-9-4-10(11)14-7-9/h4,7-8,12H,2-3,5-6H2,1H3/t8-/m0/s1. The molecule has 1 saturated heterocycles. The second kappa shape index (κ2) is 4.75. The van der Waals surface area contributed by atoms with Crippen molar-refractivity contribution in [2.75, 3.05) is 19.6 Å². The molecule has 1 aromatic heterocycles. The van der Waals surface area contributed by atoms with Gasteiger partial charge in [0, 0.05) is 32.2 Å². The van der Waals surface area contributed by atoms with Crippen LogP contribution in [-0.2, 0) is 6.54 Å². The number of nitrogens with zero attached hydrogens (tertiary/aromatic N) is 1. The molecule has 0 aliphatic carbocycles. The largest absolute Gasteiger partial charge is 0.314 e. The van der Waals surface area contributed by atoms with Gasteiger partial charge in [0.15, 0.2) is 0 Å². The van der Waals surface area contributed by atoms with E-state index >= 15 is 0 Å². The van der Waals surface area contributed by atoms with E-state index in [-0.39, 0.29) is 0 Å². The molecule has 0 saturated carbocycles. The molecule has 2 rings (SSSR count). The summed E-state index contributed by atoms with van der Waals surface area (Å²) < 4.78 is 1.23. The number of thiophene rings is 1. The predicted molar refractivity (Wildman–Crippen MR) is 64.8 cm³/mol. The number of piperazine rings is 1. The fraction of sp³-hybridized carbons (Fsp3) is 0.600. The lowest BCUT2D eigenvalue weighted by atomic mass is 10.2. The van der Waals surface area contributed by atoms with Crippen LogP contribution >= 0.6 is 27.3 Å². The molecule has 1 atom stereocenters. The van der Waals surface area contributed by atoms with E-state index in [0.29, 0.717) is 6.04 Å². The zero-order valence-electron chi connectivity index (χ0n) is 8.29. The Labute approximate surface area is 97.4 Å². The molecule has 0 amide bonds. The number of halogens is 1. The maximum atomic E-state index is 3.50. The van der Waals surface area contributed by atoms with Gasteiger partial charge in [-0.3, -0.25) is 4.90 Å². The molecule has 1 aliphatic rings. The van der Waals surface area contributed by atoms with Crippen LogP contribution in [-0.4, -0.2) is 30.6 Å². The minimum absolute atomic E-state index is 0.655. The van der Waals surface area contributed by atoms with E-state index in [2.05, 4.69) is 44.5 Å². The topological polar surface area (TPSA) is 15.3 Å². The van der Waals surface area contributed by atoms with Gasteiger partial charge in [0.2, 0.25) is 0 Å². The highest BCUT2D eigenvalue weighted by atomic mass is 79.9. The summed E-state index contributed by atoms with van der Waals surface area (Å²) in [6.07, 6.45) is 0. The highest BCUT2D eigenvalue weighted by molar-refractivity contribution is 9.11. The average molecular weight is 275 g/mol. The van der Waals surface area contributed by atoms with Crippen molar-refractivity contribution in [3.8, 4) is 0 Å². The van der Waals surface area contributed by atoms with Crippen LogP contribution in [0.5, 0.6) is 0 Å². The third-order valence-corrected chi connectivity index (χ3v) is 4.20. The van der Waals surface area contributed by atoms with E-state index < -0.39 is 0 Å². The number of nitrogens with one attached hydrogen (secondary N) is 1. The van der Waals surface area contributed by atoms with Gasteiger partial charge in [-0.25, -0.2) is 0 Å². The Kier molecular flexibility index (Phi) is 3.60. The molecule has 4 heteroatoms. The summed E-state index contributed by atoms with van der Waals surface area (Å²) >= 11 is 5.27. The zero-order valence-corrected chi connectivity index (χ0v) is 10.7. The van der Waals surface area contributed by atoms with Crippen LogP contribution in [0.2, 0.25) is 0 Å². The number of hydrogen-bond donors (Lipinski definition) is 1. The van der Waals surface area contributed by atoms with E-state index in [0.717, 1.165) is 26.2 Å². The minimum Gasteiger partial charge on any atom is -0.314 e. The Hall–Kier alpha value is 0.100. The predicted octanol–water partition coefficient (Wildman–Crippen LogP) is 2.30. The van der Waals surface area contributed by atoms with Crippen molar-refractivity contribution in [3.05, 3.63) is 20.8 Å². The maximum Gasteiger partial charge on any atom is 0.0701 e. The second-order valence-electron chi connectivity index (χ2n) is 3.78. The lowest BCUT2D eigenvalue weighted by Gasteiger charge is -2.33. The quantitative estimate of drug-likeness (QED) is 0.891. The van der Waals surface area contributed by atoms with Crippen LogP contribution < -0.4 is 5.32 Å². The molecule has 0 spiro atoms. The van der Waals surface area contributed by atoms with Crippen LogP contribution in [0.15, 0.2) is 15.2 Å². The summed E-state index contributed by atoms with van der Waals surface area (Å²) in [6, 6.07) is 2.88. The number of hydrogen-bond acceptors (Lipinski definition) is 3. The van der Waals surface area contributed by atoms with Crippen LogP contribution in [0, 0.1) is 0 Å². The van der Waals surface area contributed by atoms with Crippen LogP contribution in [0.3, 0.4) is 0 Å². The average Bonchev–Trinajstić information content (AvgIpc) is 2.56. The SMILES string of the molecule is C[C@H]1CNCCN1Cc1csc(Br)c1. The van der Waals surface area contributed by atoms with Crippen molar-refractivity contribution >= 4 is 27.3 Å². The summed E-state index contributed by atoms with van der Waals surface area (Å²) in [5.41, 5.74) is 1.43. The van der Waals surface area contributed by atoms with E-state index in [4.69, 9.17) is 0 Å². The van der Waals surface area contributed by atoms with Crippen molar-refractivity contribution in [3.63, 3.8) is 0 Å². The van der Waals surface area contributed by atoms with Gasteiger partial charge in [-0.05, 0) is 39.9 Å². The molecule has 0 unspecified atom stereocenters.